The lowest BCUT2D eigenvalue weighted by molar-refractivity contribution is 0.601. The van der Waals surface area contributed by atoms with Crippen molar-refractivity contribution >= 4 is 60.5 Å². The highest BCUT2D eigenvalue weighted by molar-refractivity contribution is 9.10. The Morgan fingerprint density at radius 1 is 1.19 bits per heavy atom. The van der Waals surface area contributed by atoms with E-state index in [4.69, 9.17) is 28.9 Å². The van der Waals surface area contributed by atoms with E-state index in [0.717, 1.165) is 6.07 Å². The molecule has 0 spiro atoms. The van der Waals surface area contributed by atoms with Gasteiger partial charge in [0.2, 0.25) is 0 Å². The van der Waals surface area contributed by atoms with E-state index in [1.165, 1.54) is 24.3 Å². The van der Waals surface area contributed by atoms with Gasteiger partial charge in [-0.15, -0.1) is 0 Å². The summed E-state index contributed by atoms with van der Waals surface area (Å²) in [6.45, 7) is 0. The van der Waals surface area contributed by atoms with Crippen molar-refractivity contribution < 1.29 is 12.8 Å². The number of nitrogens with one attached hydrogen (secondary N) is 1. The second kappa shape index (κ2) is 6.00. The minimum absolute atomic E-state index is 0.0822. The molecule has 9 heteroatoms. The zero-order chi connectivity index (χ0) is 15.8. The van der Waals surface area contributed by atoms with Crippen LogP contribution in [0.1, 0.15) is 0 Å². The van der Waals surface area contributed by atoms with Gasteiger partial charge < -0.3 is 5.73 Å². The number of halogens is 4. The summed E-state index contributed by atoms with van der Waals surface area (Å²) in [4.78, 5) is -0.283. The fourth-order valence-corrected chi connectivity index (χ4v) is 4.05. The molecule has 112 valence electrons. The van der Waals surface area contributed by atoms with E-state index >= 15 is 0 Å². The van der Waals surface area contributed by atoms with E-state index in [-0.39, 0.29) is 30.8 Å². The summed E-state index contributed by atoms with van der Waals surface area (Å²) >= 11 is 14.6. The van der Waals surface area contributed by atoms with Gasteiger partial charge in [-0.2, -0.15) is 0 Å². The zero-order valence-electron chi connectivity index (χ0n) is 10.2. The summed E-state index contributed by atoms with van der Waals surface area (Å²) in [6.07, 6.45) is 0. The topological polar surface area (TPSA) is 72.2 Å². The maximum absolute atomic E-state index is 13.1. The van der Waals surface area contributed by atoms with Crippen molar-refractivity contribution in [2.24, 2.45) is 0 Å². The van der Waals surface area contributed by atoms with Gasteiger partial charge in [0, 0.05) is 5.02 Å². The molecule has 0 aromatic heterocycles. The first-order valence-electron chi connectivity index (χ1n) is 5.43. The first kappa shape index (κ1) is 16.4. The second-order valence-corrected chi connectivity index (χ2v) is 7.36. The van der Waals surface area contributed by atoms with Crippen molar-refractivity contribution in [3.05, 3.63) is 50.7 Å². The van der Waals surface area contributed by atoms with Crippen LogP contribution in [-0.4, -0.2) is 8.42 Å². The minimum atomic E-state index is -4.03. The Labute approximate surface area is 139 Å². The lowest BCUT2D eigenvalue weighted by Gasteiger charge is -2.12. The average Bonchev–Trinajstić information content (AvgIpc) is 2.31. The number of nitrogen functional groups attached to an aromatic ring is 1. The number of sulfonamides is 1. The summed E-state index contributed by atoms with van der Waals surface area (Å²) in [5.41, 5.74) is 5.74. The average molecular weight is 414 g/mol. The first-order chi connectivity index (χ1) is 9.70. The molecule has 3 N–H and O–H groups in total. The van der Waals surface area contributed by atoms with E-state index in [2.05, 4.69) is 20.7 Å². The van der Waals surface area contributed by atoms with Crippen LogP contribution < -0.4 is 10.5 Å². The Kier molecular flexibility index (Phi) is 4.67. The van der Waals surface area contributed by atoms with E-state index in [1.54, 1.807) is 0 Å². The van der Waals surface area contributed by atoms with E-state index in [1.807, 2.05) is 0 Å². The van der Waals surface area contributed by atoms with E-state index < -0.39 is 15.8 Å². The van der Waals surface area contributed by atoms with Crippen LogP contribution >= 0.6 is 39.1 Å². The van der Waals surface area contributed by atoms with Gasteiger partial charge in [0.25, 0.3) is 10.0 Å². The number of hydrogen-bond donors (Lipinski definition) is 2. The molecule has 2 aromatic rings. The van der Waals surface area contributed by atoms with Crippen molar-refractivity contribution in [3.63, 3.8) is 0 Å². The van der Waals surface area contributed by atoms with Gasteiger partial charge in [-0.1, -0.05) is 23.2 Å². The lowest BCUT2D eigenvalue weighted by Crippen LogP contribution is -2.15. The smallest absolute Gasteiger partial charge is 0.265 e. The van der Waals surface area contributed by atoms with Gasteiger partial charge in [-0.3, -0.25) is 4.72 Å². The SMILES string of the molecule is Nc1cc(Cl)cc(Cl)c1S(=O)(=O)Nc1ccc(F)c(Br)c1. The van der Waals surface area contributed by atoms with Crippen LogP contribution in [0, 0.1) is 5.82 Å². The summed E-state index contributed by atoms with van der Waals surface area (Å²) in [5.74, 6) is -0.512. The van der Waals surface area contributed by atoms with Crippen LogP contribution in [0.25, 0.3) is 0 Å². The summed E-state index contributed by atoms with van der Waals surface area (Å²) < 4.78 is 40.2. The van der Waals surface area contributed by atoms with Gasteiger partial charge >= 0.3 is 0 Å². The minimum Gasteiger partial charge on any atom is -0.398 e. The van der Waals surface area contributed by atoms with Crippen molar-refractivity contribution in [1.82, 2.24) is 0 Å². The van der Waals surface area contributed by atoms with Crippen LogP contribution in [0.3, 0.4) is 0 Å². The van der Waals surface area contributed by atoms with Crippen LogP contribution in [0.15, 0.2) is 39.7 Å². The van der Waals surface area contributed by atoms with Gasteiger partial charge in [-0.05, 0) is 46.3 Å². The molecular formula is C12H8BrCl2FN2O2S. The number of hydrogen-bond acceptors (Lipinski definition) is 3. The third kappa shape index (κ3) is 3.60. The Morgan fingerprint density at radius 2 is 1.86 bits per heavy atom. The normalized spacial score (nSPS) is 11.4. The molecule has 2 aromatic carbocycles. The maximum atomic E-state index is 13.1. The Bertz CT molecular complexity index is 792. The number of rotatable bonds is 3. The molecule has 0 unspecified atom stereocenters. The molecule has 0 aliphatic carbocycles. The summed E-state index contributed by atoms with van der Waals surface area (Å²) in [7, 11) is -4.03. The molecule has 0 heterocycles. The molecule has 0 aliphatic rings. The quantitative estimate of drug-likeness (QED) is 0.737. The lowest BCUT2D eigenvalue weighted by atomic mass is 10.3. The standard InChI is InChI=1S/C12H8BrCl2FN2O2S/c13-8-5-7(1-2-10(8)16)18-21(19,20)12-9(15)3-6(14)4-11(12)17/h1-5,18H,17H2. The number of benzene rings is 2. The van der Waals surface area contributed by atoms with Crippen molar-refractivity contribution in [1.29, 1.82) is 0 Å². The van der Waals surface area contributed by atoms with Gasteiger partial charge in [0.15, 0.2) is 0 Å². The van der Waals surface area contributed by atoms with Gasteiger partial charge in [-0.25, -0.2) is 12.8 Å². The fraction of sp³-hybridized carbons (Fsp3) is 0. The van der Waals surface area contributed by atoms with Crippen LogP contribution in [0.4, 0.5) is 15.8 Å². The predicted molar refractivity (Wildman–Crippen MR) is 85.8 cm³/mol. The molecule has 0 fully saturated rings. The second-order valence-electron chi connectivity index (χ2n) is 4.04. The largest absolute Gasteiger partial charge is 0.398 e. The highest BCUT2D eigenvalue weighted by atomic mass is 79.9. The monoisotopic (exact) mass is 412 g/mol. The highest BCUT2D eigenvalue weighted by Crippen LogP contribution is 2.32. The fourth-order valence-electron chi connectivity index (χ4n) is 1.63. The molecule has 21 heavy (non-hydrogen) atoms. The van der Waals surface area contributed by atoms with Crippen LogP contribution in [0.5, 0.6) is 0 Å². The molecular weight excluding hydrogens is 406 g/mol. The molecule has 0 saturated carbocycles. The summed E-state index contributed by atoms with van der Waals surface area (Å²) in [5, 5.41) is 0.120. The van der Waals surface area contributed by atoms with Crippen molar-refractivity contribution in [2.45, 2.75) is 4.90 Å². The molecule has 0 atom stereocenters. The van der Waals surface area contributed by atoms with Gasteiger partial charge in [0.05, 0.1) is 20.9 Å². The third-order valence-corrected chi connectivity index (χ3v) is 5.21. The first-order valence-corrected chi connectivity index (χ1v) is 8.46. The Balaban J connectivity index is 2.46. The molecule has 0 aliphatic heterocycles. The zero-order valence-corrected chi connectivity index (χ0v) is 14.1. The molecule has 0 amide bonds. The van der Waals surface area contributed by atoms with Gasteiger partial charge in [0.1, 0.15) is 10.7 Å². The Hall–Kier alpha value is -1.02. The van der Waals surface area contributed by atoms with E-state index in [0.29, 0.717) is 0 Å². The van der Waals surface area contributed by atoms with Crippen molar-refractivity contribution in [2.75, 3.05) is 10.5 Å². The van der Waals surface area contributed by atoms with Crippen molar-refractivity contribution in [3.8, 4) is 0 Å². The van der Waals surface area contributed by atoms with Crippen LogP contribution in [-0.2, 0) is 10.0 Å². The third-order valence-electron chi connectivity index (χ3n) is 2.48. The van der Waals surface area contributed by atoms with E-state index in [9.17, 15) is 12.8 Å². The molecule has 0 radical (unpaired) electrons. The number of anilines is 2. The number of nitrogens with two attached hydrogens (primary N) is 1. The maximum Gasteiger partial charge on any atom is 0.265 e. The Morgan fingerprint density at radius 3 is 2.43 bits per heavy atom. The predicted octanol–water partition coefficient (Wildman–Crippen LogP) is 4.28. The summed E-state index contributed by atoms with van der Waals surface area (Å²) in [6, 6.07) is 6.23. The highest BCUT2D eigenvalue weighted by Gasteiger charge is 2.22. The van der Waals surface area contributed by atoms with Crippen LogP contribution in [0.2, 0.25) is 10.0 Å². The molecule has 0 bridgehead atoms. The molecule has 0 saturated heterocycles. The molecule has 2 rings (SSSR count). The molecule has 4 nitrogen and oxygen atoms in total.